The zero-order valence-corrected chi connectivity index (χ0v) is 7.66. The van der Waals surface area contributed by atoms with E-state index < -0.39 is 0 Å². The first kappa shape index (κ1) is 9.05. The van der Waals surface area contributed by atoms with Crippen molar-refractivity contribution in [1.29, 1.82) is 0 Å². The van der Waals surface area contributed by atoms with Crippen LogP contribution >= 0.6 is 0 Å². The molecule has 0 heteroatoms. The fourth-order valence-electron chi connectivity index (χ4n) is 1.15. The lowest BCUT2D eigenvalue weighted by Gasteiger charge is -2.00. The van der Waals surface area contributed by atoms with Crippen LogP contribution in [0.2, 0.25) is 0 Å². The molecule has 0 atom stereocenters. The Morgan fingerprint density at radius 1 is 1.33 bits per heavy atom. The SMILES string of the molecule is CCC=CC=CC1=CCC=CC1. The van der Waals surface area contributed by atoms with E-state index in [2.05, 4.69) is 49.5 Å². The highest BCUT2D eigenvalue weighted by Crippen LogP contribution is 2.11. The second kappa shape index (κ2) is 5.59. The van der Waals surface area contributed by atoms with E-state index in [4.69, 9.17) is 0 Å². The molecule has 0 spiro atoms. The molecule has 0 nitrogen and oxygen atoms in total. The smallest absolute Gasteiger partial charge is 0.0100 e. The summed E-state index contributed by atoms with van der Waals surface area (Å²) < 4.78 is 0. The molecule has 1 rings (SSSR count). The van der Waals surface area contributed by atoms with E-state index in [1.807, 2.05) is 0 Å². The molecule has 0 aromatic rings. The van der Waals surface area contributed by atoms with E-state index in [0.717, 1.165) is 19.3 Å². The van der Waals surface area contributed by atoms with Gasteiger partial charge < -0.3 is 0 Å². The summed E-state index contributed by atoms with van der Waals surface area (Å²) >= 11 is 0. The second-order valence-corrected chi connectivity index (χ2v) is 2.89. The van der Waals surface area contributed by atoms with Gasteiger partial charge in [-0.25, -0.2) is 0 Å². The number of hydrogen-bond donors (Lipinski definition) is 0. The summed E-state index contributed by atoms with van der Waals surface area (Å²) in [6.07, 6.45) is 18.6. The van der Waals surface area contributed by atoms with Crippen LogP contribution in [0.3, 0.4) is 0 Å². The highest BCUT2D eigenvalue weighted by atomic mass is 14.0. The monoisotopic (exact) mass is 160 g/mol. The first-order valence-corrected chi connectivity index (χ1v) is 4.60. The van der Waals surface area contributed by atoms with Crippen molar-refractivity contribution in [2.24, 2.45) is 0 Å². The van der Waals surface area contributed by atoms with Crippen LogP contribution in [0, 0.1) is 0 Å². The largest absolute Gasteiger partial charge is 0.0848 e. The van der Waals surface area contributed by atoms with Crippen molar-refractivity contribution >= 4 is 0 Å². The average Bonchev–Trinajstić information content (AvgIpc) is 2.14. The molecule has 1 aliphatic rings. The molecule has 1 aliphatic carbocycles. The summed E-state index contributed by atoms with van der Waals surface area (Å²) in [4.78, 5) is 0. The first-order chi connectivity index (χ1) is 5.93. The van der Waals surface area contributed by atoms with Crippen LogP contribution in [0.4, 0.5) is 0 Å². The number of hydrogen-bond acceptors (Lipinski definition) is 0. The van der Waals surface area contributed by atoms with Crippen LogP contribution in [-0.2, 0) is 0 Å². The third-order valence-electron chi connectivity index (χ3n) is 1.83. The van der Waals surface area contributed by atoms with Crippen molar-refractivity contribution in [2.45, 2.75) is 26.2 Å². The molecule has 0 fully saturated rings. The van der Waals surface area contributed by atoms with Crippen LogP contribution in [0.1, 0.15) is 26.2 Å². The Kier molecular flexibility index (Phi) is 4.22. The molecular formula is C12H16. The van der Waals surface area contributed by atoms with Gasteiger partial charge in [-0.15, -0.1) is 0 Å². The van der Waals surface area contributed by atoms with Crippen LogP contribution in [0.15, 0.2) is 48.1 Å². The van der Waals surface area contributed by atoms with Crippen molar-refractivity contribution < 1.29 is 0 Å². The minimum Gasteiger partial charge on any atom is -0.0848 e. The van der Waals surface area contributed by atoms with E-state index in [9.17, 15) is 0 Å². The zero-order valence-electron chi connectivity index (χ0n) is 7.66. The van der Waals surface area contributed by atoms with Crippen molar-refractivity contribution in [3.63, 3.8) is 0 Å². The number of rotatable bonds is 3. The Bertz CT molecular complexity index is 226. The molecule has 64 valence electrons. The predicted octanol–water partition coefficient (Wildman–Crippen LogP) is 3.79. The van der Waals surface area contributed by atoms with Crippen LogP contribution in [0.5, 0.6) is 0 Å². The summed E-state index contributed by atoms with van der Waals surface area (Å²) in [5.41, 5.74) is 1.43. The van der Waals surface area contributed by atoms with Crippen LogP contribution < -0.4 is 0 Å². The zero-order chi connectivity index (χ0) is 8.65. The van der Waals surface area contributed by atoms with Gasteiger partial charge >= 0.3 is 0 Å². The van der Waals surface area contributed by atoms with Gasteiger partial charge in [0, 0.05) is 0 Å². The standard InChI is InChI=1S/C12H16/c1-2-3-4-6-9-12-10-7-5-8-11-12/h3-7,9,11H,2,8,10H2,1H3. The van der Waals surface area contributed by atoms with E-state index in [-0.39, 0.29) is 0 Å². The molecule has 0 N–H and O–H groups in total. The summed E-state index contributed by atoms with van der Waals surface area (Å²) in [7, 11) is 0. The highest BCUT2D eigenvalue weighted by Gasteiger charge is 1.91. The summed E-state index contributed by atoms with van der Waals surface area (Å²) in [6.45, 7) is 2.15. The fraction of sp³-hybridized carbons (Fsp3) is 0.333. The Morgan fingerprint density at radius 2 is 2.25 bits per heavy atom. The molecule has 0 aromatic carbocycles. The molecule has 0 saturated carbocycles. The van der Waals surface area contributed by atoms with E-state index >= 15 is 0 Å². The van der Waals surface area contributed by atoms with Gasteiger partial charge in [0.2, 0.25) is 0 Å². The Hall–Kier alpha value is -1.04. The lowest BCUT2D eigenvalue weighted by Crippen LogP contribution is -1.80. The molecule has 0 saturated heterocycles. The van der Waals surface area contributed by atoms with Crippen molar-refractivity contribution in [3.8, 4) is 0 Å². The molecule has 0 radical (unpaired) electrons. The van der Waals surface area contributed by atoms with E-state index in [1.165, 1.54) is 5.57 Å². The molecular weight excluding hydrogens is 144 g/mol. The Balaban J connectivity index is 2.35. The molecule has 0 amide bonds. The first-order valence-electron chi connectivity index (χ1n) is 4.60. The molecule has 0 aliphatic heterocycles. The van der Waals surface area contributed by atoms with Gasteiger partial charge in [-0.1, -0.05) is 49.5 Å². The minimum absolute atomic E-state index is 1.09. The maximum absolute atomic E-state index is 2.27. The average molecular weight is 160 g/mol. The third-order valence-corrected chi connectivity index (χ3v) is 1.83. The lowest BCUT2D eigenvalue weighted by molar-refractivity contribution is 1.16. The van der Waals surface area contributed by atoms with Gasteiger partial charge in [-0.3, -0.25) is 0 Å². The van der Waals surface area contributed by atoms with Gasteiger partial charge in [0.1, 0.15) is 0 Å². The number of allylic oxidation sites excluding steroid dienone is 8. The molecule has 12 heavy (non-hydrogen) atoms. The van der Waals surface area contributed by atoms with E-state index in [1.54, 1.807) is 0 Å². The Morgan fingerprint density at radius 3 is 2.92 bits per heavy atom. The van der Waals surface area contributed by atoms with Crippen LogP contribution in [0.25, 0.3) is 0 Å². The van der Waals surface area contributed by atoms with Crippen LogP contribution in [-0.4, -0.2) is 0 Å². The predicted molar refractivity (Wildman–Crippen MR) is 55.0 cm³/mol. The normalized spacial score (nSPS) is 17.6. The van der Waals surface area contributed by atoms with Crippen molar-refractivity contribution in [3.05, 3.63) is 48.1 Å². The Labute approximate surface area is 75.0 Å². The van der Waals surface area contributed by atoms with Gasteiger partial charge in [-0.05, 0) is 24.8 Å². The quantitative estimate of drug-likeness (QED) is 0.435. The third kappa shape index (κ3) is 3.38. The maximum Gasteiger partial charge on any atom is -0.0100 e. The summed E-state index contributed by atoms with van der Waals surface area (Å²) in [5, 5.41) is 0. The molecule has 0 bridgehead atoms. The molecule has 0 unspecified atom stereocenters. The minimum atomic E-state index is 1.09. The van der Waals surface area contributed by atoms with Crippen molar-refractivity contribution in [2.75, 3.05) is 0 Å². The lowest BCUT2D eigenvalue weighted by atomic mass is 10.1. The maximum atomic E-state index is 2.27. The molecule has 0 aromatic heterocycles. The van der Waals surface area contributed by atoms with Gasteiger partial charge in [-0.2, -0.15) is 0 Å². The van der Waals surface area contributed by atoms with Gasteiger partial charge in [0.05, 0.1) is 0 Å². The van der Waals surface area contributed by atoms with Gasteiger partial charge in [0.25, 0.3) is 0 Å². The second-order valence-electron chi connectivity index (χ2n) is 2.89. The van der Waals surface area contributed by atoms with Gasteiger partial charge in [0.15, 0.2) is 0 Å². The van der Waals surface area contributed by atoms with E-state index in [0.29, 0.717) is 0 Å². The topological polar surface area (TPSA) is 0 Å². The summed E-state index contributed by atoms with van der Waals surface area (Å²) in [6, 6.07) is 0. The fourth-order valence-corrected chi connectivity index (χ4v) is 1.15. The van der Waals surface area contributed by atoms with Crippen molar-refractivity contribution in [1.82, 2.24) is 0 Å². The summed E-state index contributed by atoms with van der Waals surface area (Å²) in [5.74, 6) is 0. The molecule has 0 heterocycles. The highest BCUT2D eigenvalue weighted by molar-refractivity contribution is 5.27.